The molecule has 20 heavy (non-hydrogen) atoms. The molecule has 3 N–H and O–H groups in total. The number of ether oxygens (including phenoxy) is 1. The number of benzene rings is 1. The number of rotatable bonds is 0. The van der Waals surface area contributed by atoms with E-state index in [0.717, 1.165) is 44.2 Å². The summed E-state index contributed by atoms with van der Waals surface area (Å²) in [6.07, 6.45) is 4.55. The van der Waals surface area contributed by atoms with E-state index in [9.17, 15) is 10.2 Å². The molecule has 1 aromatic rings. The summed E-state index contributed by atoms with van der Waals surface area (Å²) in [6, 6.07) is 3.86. The van der Waals surface area contributed by atoms with Gasteiger partial charge in [-0.1, -0.05) is 6.07 Å². The van der Waals surface area contributed by atoms with E-state index >= 15 is 0 Å². The number of piperidine rings is 1. The number of nitrogens with one attached hydrogen (secondary N) is 1. The summed E-state index contributed by atoms with van der Waals surface area (Å²) < 4.78 is 6.14. The van der Waals surface area contributed by atoms with Crippen molar-refractivity contribution >= 4 is 0 Å². The Morgan fingerprint density at radius 1 is 1.30 bits per heavy atom. The van der Waals surface area contributed by atoms with Gasteiger partial charge < -0.3 is 20.3 Å². The fraction of sp³-hybridized carbons (Fsp3) is 0.625. The molecular formula is C16H19NO3. The Morgan fingerprint density at radius 3 is 3.10 bits per heavy atom. The molecule has 2 heterocycles. The quantitative estimate of drug-likeness (QED) is 0.665. The molecule has 2 aliphatic heterocycles. The van der Waals surface area contributed by atoms with Crippen molar-refractivity contribution in [3.05, 3.63) is 23.3 Å². The van der Waals surface area contributed by atoms with Gasteiger partial charge in [-0.05, 0) is 50.3 Å². The van der Waals surface area contributed by atoms with Crippen molar-refractivity contribution in [1.82, 2.24) is 5.32 Å². The van der Waals surface area contributed by atoms with Crippen LogP contribution in [0, 0.1) is 0 Å². The summed E-state index contributed by atoms with van der Waals surface area (Å²) in [5.41, 5.74) is 1.33. The summed E-state index contributed by atoms with van der Waals surface area (Å²) in [6.45, 7) is 0.918. The first-order chi connectivity index (χ1) is 9.67. The Kier molecular flexibility index (Phi) is 1.89. The third kappa shape index (κ3) is 0.990. The van der Waals surface area contributed by atoms with Crippen molar-refractivity contribution in [2.45, 2.75) is 55.3 Å². The van der Waals surface area contributed by atoms with E-state index < -0.39 is 5.60 Å². The van der Waals surface area contributed by atoms with Gasteiger partial charge in [-0.15, -0.1) is 0 Å². The Hall–Kier alpha value is -1.26. The average molecular weight is 273 g/mol. The summed E-state index contributed by atoms with van der Waals surface area (Å²) in [5, 5.41) is 25.2. The predicted molar refractivity (Wildman–Crippen MR) is 73.1 cm³/mol. The molecular weight excluding hydrogens is 254 g/mol. The first-order valence-electron chi connectivity index (χ1n) is 7.64. The van der Waals surface area contributed by atoms with E-state index in [1.54, 1.807) is 6.07 Å². The van der Waals surface area contributed by atoms with E-state index in [-0.39, 0.29) is 23.3 Å². The molecule has 1 aromatic carbocycles. The third-order valence-corrected chi connectivity index (χ3v) is 6.19. The standard InChI is InChI=1S/C16H19NO3/c18-10-4-3-9-8-11-16(19)5-1-2-12-15(16,6-7-17-11)13(9)14(10)20-12/h3-4,11-12,17-19H,1-2,5-8H2/t11-,12+,15-,16-/m1/s1. The molecule has 2 fully saturated rings. The first-order valence-corrected chi connectivity index (χ1v) is 7.64. The molecule has 106 valence electrons. The molecule has 4 heteroatoms. The maximum absolute atomic E-state index is 11.5. The Morgan fingerprint density at radius 2 is 2.20 bits per heavy atom. The average Bonchev–Trinajstić information content (AvgIpc) is 2.75. The van der Waals surface area contributed by atoms with Crippen molar-refractivity contribution in [1.29, 1.82) is 0 Å². The van der Waals surface area contributed by atoms with Gasteiger partial charge in [0.25, 0.3) is 0 Å². The van der Waals surface area contributed by atoms with Crippen LogP contribution >= 0.6 is 0 Å². The van der Waals surface area contributed by atoms with E-state index in [1.165, 1.54) is 5.56 Å². The number of phenols is 1. The van der Waals surface area contributed by atoms with Gasteiger partial charge in [0.15, 0.2) is 11.5 Å². The van der Waals surface area contributed by atoms with Crippen LogP contribution in [0.4, 0.5) is 0 Å². The van der Waals surface area contributed by atoms with Gasteiger partial charge in [0.05, 0.1) is 11.0 Å². The van der Waals surface area contributed by atoms with Crippen LogP contribution in [-0.2, 0) is 11.8 Å². The number of phenolic OH excluding ortho intramolecular Hbond substituents is 1. The normalized spacial score (nSPS) is 43.9. The van der Waals surface area contributed by atoms with Crippen molar-refractivity contribution in [2.24, 2.45) is 0 Å². The van der Waals surface area contributed by atoms with Crippen LogP contribution in [0.3, 0.4) is 0 Å². The molecule has 4 atom stereocenters. The van der Waals surface area contributed by atoms with Crippen molar-refractivity contribution < 1.29 is 14.9 Å². The highest BCUT2D eigenvalue weighted by molar-refractivity contribution is 5.62. The molecule has 1 saturated carbocycles. The fourth-order valence-electron chi connectivity index (χ4n) is 5.44. The predicted octanol–water partition coefficient (Wildman–Crippen LogP) is 1.22. The smallest absolute Gasteiger partial charge is 0.165 e. The maximum Gasteiger partial charge on any atom is 0.165 e. The second-order valence-electron chi connectivity index (χ2n) is 6.80. The molecule has 1 saturated heterocycles. The molecule has 0 amide bonds. The van der Waals surface area contributed by atoms with E-state index in [2.05, 4.69) is 5.32 Å². The lowest BCUT2D eigenvalue weighted by molar-refractivity contribution is -0.149. The van der Waals surface area contributed by atoms with Crippen LogP contribution in [0.15, 0.2) is 12.1 Å². The third-order valence-electron chi connectivity index (χ3n) is 6.19. The van der Waals surface area contributed by atoms with Crippen LogP contribution in [0.1, 0.15) is 36.8 Å². The minimum Gasteiger partial charge on any atom is -0.504 e. The van der Waals surface area contributed by atoms with Gasteiger partial charge in [-0.3, -0.25) is 0 Å². The second-order valence-corrected chi connectivity index (χ2v) is 6.80. The molecule has 0 radical (unpaired) electrons. The highest BCUT2D eigenvalue weighted by atomic mass is 16.5. The zero-order chi connectivity index (χ0) is 13.5. The van der Waals surface area contributed by atoms with Crippen LogP contribution < -0.4 is 10.1 Å². The lowest BCUT2D eigenvalue weighted by Gasteiger charge is -2.60. The van der Waals surface area contributed by atoms with E-state index in [0.29, 0.717) is 5.75 Å². The Labute approximate surface area is 117 Å². The van der Waals surface area contributed by atoms with Gasteiger partial charge in [0.2, 0.25) is 0 Å². The number of hydrogen-bond acceptors (Lipinski definition) is 4. The van der Waals surface area contributed by atoms with Crippen LogP contribution in [-0.4, -0.2) is 34.5 Å². The zero-order valence-corrected chi connectivity index (χ0v) is 11.4. The lowest BCUT2D eigenvalue weighted by Crippen LogP contribution is -2.74. The van der Waals surface area contributed by atoms with Crippen LogP contribution in [0.5, 0.6) is 11.5 Å². The van der Waals surface area contributed by atoms with Crippen molar-refractivity contribution in [3.8, 4) is 11.5 Å². The minimum absolute atomic E-state index is 0.0215. The second kappa shape index (κ2) is 3.31. The maximum atomic E-state index is 11.5. The zero-order valence-electron chi connectivity index (χ0n) is 11.4. The summed E-state index contributed by atoms with van der Waals surface area (Å²) in [5.74, 6) is 0.875. The number of hydrogen-bond donors (Lipinski definition) is 3. The highest BCUT2D eigenvalue weighted by Gasteiger charge is 2.69. The number of aromatic hydroxyl groups is 1. The molecule has 0 aromatic heterocycles. The molecule has 4 nitrogen and oxygen atoms in total. The van der Waals surface area contributed by atoms with Gasteiger partial charge in [-0.25, -0.2) is 0 Å². The first kappa shape index (κ1) is 11.4. The fourth-order valence-corrected chi connectivity index (χ4v) is 5.44. The van der Waals surface area contributed by atoms with E-state index in [4.69, 9.17) is 4.74 Å². The monoisotopic (exact) mass is 273 g/mol. The van der Waals surface area contributed by atoms with Crippen molar-refractivity contribution in [3.63, 3.8) is 0 Å². The SMILES string of the molecule is Oc1ccc2c3c1O[C@H]1CCC[C@@]4(O)[C@@H](C2)NCC[C@]314. The van der Waals surface area contributed by atoms with Gasteiger partial charge in [-0.2, -0.15) is 0 Å². The summed E-state index contributed by atoms with van der Waals surface area (Å²) >= 11 is 0. The topological polar surface area (TPSA) is 61.7 Å². The lowest BCUT2D eigenvalue weighted by atomic mass is 9.49. The molecule has 5 rings (SSSR count). The van der Waals surface area contributed by atoms with Crippen molar-refractivity contribution in [2.75, 3.05) is 6.54 Å². The Bertz CT molecular complexity index is 616. The van der Waals surface area contributed by atoms with Crippen LogP contribution in [0.2, 0.25) is 0 Å². The summed E-state index contributed by atoms with van der Waals surface area (Å²) in [7, 11) is 0. The van der Waals surface area contributed by atoms with Crippen LogP contribution in [0.25, 0.3) is 0 Å². The highest BCUT2D eigenvalue weighted by Crippen LogP contribution is 2.64. The van der Waals surface area contributed by atoms with Gasteiger partial charge in [0, 0.05) is 11.6 Å². The van der Waals surface area contributed by atoms with Gasteiger partial charge >= 0.3 is 0 Å². The molecule has 1 spiro atoms. The summed E-state index contributed by atoms with van der Waals surface area (Å²) in [4.78, 5) is 0. The van der Waals surface area contributed by atoms with E-state index in [1.807, 2.05) is 6.07 Å². The largest absolute Gasteiger partial charge is 0.504 e. The molecule has 2 aliphatic carbocycles. The number of aliphatic hydroxyl groups is 1. The molecule has 0 unspecified atom stereocenters. The van der Waals surface area contributed by atoms with Gasteiger partial charge in [0.1, 0.15) is 6.10 Å². The molecule has 4 aliphatic rings. The Balaban J connectivity index is 1.88. The molecule has 2 bridgehead atoms. The minimum atomic E-state index is -0.722.